The predicted molar refractivity (Wildman–Crippen MR) is 88.1 cm³/mol. The standard InChI is InChI=1S/C18H13N3O2/c19-11-16(21(22)23)10-15-13-20(12-14-6-2-1-3-7-14)18-9-5-4-8-17(15)18/h1-10,13H,12H2. The van der Waals surface area contributed by atoms with Crippen molar-refractivity contribution in [3.8, 4) is 6.07 Å². The van der Waals surface area contributed by atoms with Gasteiger partial charge in [-0.05, 0) is 11.6 Å². The van der Waals surface area contributed by atoms with Crippen LogP contribution in [-0.2, 0) is 6.54 Å². The van der Waals surface area contributed by atoms with Gasteiger partial charge in [-0.15, -0.1) is 0 Å². The molecule has 0 amide bonds. The Morgan fingerprint density at radius 3 is 2.57 bits per heavy atom. The predicted octanol–water partition coefficient (Wildman–Crippen LogP) is 3.83. The van der Waals surface area contributed by atoms with E-state index < -0.39 is 10.6 Å². The lowest BCUT2D eigenvalue weighted by Crippen LogP contribution is -1.97. The summed E-state index contributed by atoms with van der Waals surface area (Å²) in [7, 11) is 0. The molecule has 3 rings (SSSR count). The average Bonchev–Trinajstić information content (AvgIpc) is 2.91. The Kier molecular flexibility index (Phi) is 3.89. The fourth-order valence-corrected chi connectivity index (χ4v) is 2.57. The minimum absolute atomic E-state index is 0.465. The number of aromatic nitrogens is 1. The molecule has 0 radical (unpaired) electrons. The van der Waals surface area contributed by atoms with Crippen LogP contribution in [0.1, 0.15) is 11.1 Å². The minimum Gasteiger partial charge on any atom is -0.342 e. The van der Waals surface area contributed by atoms with Crippen LogP contribution in [0.25, 0.3) is 17.0 Å². The summed E-state index contributed by atoms with van der Waals surface area (Å²) in [5.74, 6) is 0. The highest BCUT2D eigenvalue weighted by molar-refractivity contribution is 5.90. The summed E-state index contributed by atoms with van der Waals surface area (Å²) in [6.45, 7) is 0.662. The van der Waals surface area contributed by atoms with E-state index in [0.29, 0.717) is 12.1 Å². The maximum atomic E-state index is 10.9. The molecule has 0 aliphatic carbocycles. The van der Waals surface area contributed by atoms with Gasteiger partial charge >= 0.3 is 5.70 Å². The maximum absolute atomic E-state index is 10.9. The van der Waals surface area contributed by atoms with Crippen molar-refractivity contribution >= 4 is 17.0 Å². The third kappa shape index (κ3) is 2.97. The van der Waals surface area contributed by atoms with Gasteiger partial charge in [0.2, 0.25) is 0 Å². The Bertz CT molecular complexity index is 934. The van der Waals surface area contributed by atoms with Gasteiger partial charge in [0.25, 0.3) is 0 Å². The summed E-state index contributed by atoms with van der Waals surface area (Å²) < 4.78 is 2.03. The molecule has 5 nitrogen and oxygen atoms in total. The number of nitrogens with zero attached hydrogens (tertiary/aromatic N) is 3. The third-order valence-corrected chi connectivity index (χ3v) is 3.62. The second-order valence-corrected chi connectivity index (χ2v) is 5.11. The summed E-state index contributed by atoms with van der Waals surface area (Å²) in [4.78, 5) is 10.2. The fraction of sp³-hybridized carbons (Fsp3) is 0.0556. The van der Waals surface area contributed by atoms with Gasteiger partial charge in [0.15, 0.2) is 6.07 Å². The lowest BCUT2D eigenvalue weighted by atomic mass is 10.1. The second-order valence-electron chi connectivity index (χ2n) is 5.11. The molecule has 3 aromatic rings. The van der Waals surface area contributed by atoms with Crippen LogP contribution in [0, 0.1) is 21.4 Å². The number of nitriles is 1. The molecule has 0 N–H and O–H groups in total. The number of allylic oxidation sites excluding steroid dienone is 1. The molecule has 0 unspecified atom stereocenters. The van der Waals surface area contributed by atoms with Crippen molar-refractivity contribution in [2.45, 2.75) is 6.54 Å². The largest absolute Gasteiger partial charge is 0.346 e. The van der Waals surface area contributed by atoms with Crippen LogP contribution >= 0.6 is 0 Å². The van der Waals surface area contributed by atoms with Crippen LogP contribution in [0.2, 0.25) is 0 Å². The first-order valence-corrected chi connectivity index (χ1v) is 7.07. The fourth-order valence-electron chi connectivity index (χ4n) is 2.57. The zero-order valence-corrected chi connectivity index (χ0v) is 12.2. The van der Waals surface area contributed by atoms with Crippen LogP contribution in [0.4, 0.5) is 0 Å². The van der Waals surface area contributed by atoms with Crippen molar-refractivity contribution in [1.29, 1.82) is 5.26 Å². The lowest BCUT2D eigenvalue weighted by molar-refractivity contribution is -0.415. The zero-order valence-electron chi connectivity index (χ0n) is 12.2. The van der Waals surface area contributed by atoms with E-state index in [1.165, 1.54) is 6.08 Å². The van der Waals surface area contributed by atoms with Crippen LogP contribution < -0.4 is 0 Å². The molecule has 23 heavy (non-hydrogen) atoms. The molecule has 112 valence electrons. The maximum Gasteiger partial charge on any atom is 0.346 e. The molecular weight excluding hydrogens is 290 g/mol. The van der Waals surface area contributed by atoms with E-state index in [0.717, 1.165) is 16.5 Å². The SMILES string of the molecule is N#CC(=Cc1cn(Cc2ccccc2)c2ccccc12)[N+](=O)[O-]. The number of nitro groups is 1. The normalized spacial score (nSPS) is 11.3. The summed E-state index contributed by atoms with van der Waals surface area (Å²) in [5.41, 5.74) is 2.32. The Labute approximate surface area is 132 Å². The van der Waals surface area contributed by atoms with E-state index in [-0.39, 0.29) is 0 Å². The molecule has 0 spiro atoms. The van der Waals surface area contributed by atoms with Crippen molar-refractivity contribution in [2.75, 3.05) is 0 Å². The first-order chi connectivity index (χ1) is 11.2. The number of rotatable bonds is 4. The minimum atomic E-state index is -0.663. The smallest absolute Gasteiger partial charge is 0.342 e. The van der Waals surface area contributed by atoms with E-state index >= 15 is 0 Å². The van der Waals surface area contributed by atoms with Crippen molar-refractivity contribution in [2.24, 2.45) is 0 Å². The van der Waals surface area contributed by atoms with E-state index in [9.17, 15) is 10.1 Å². The lowest BCUT2D eigenvalue weighted by Gasteiger charge is -2.05. The average molecular weight is 303 g/mol. The summed E-state index contributed by atoms with van der Waals surface area (Å²) in [6.07, 6.45) is 3.17. The Morgan fingerprint density at radius 1 is 1.17 bits per heavy atom. The highest BCUT2D eigenvalue weighted by Crippen LogP contribution is 2.24. The monoisotopic (exact) mass is 303 g/mol. The first kappa shape index (κ1) is 14.5. The summed E-state index contributed by atoms with van der Waals surface area (Å²) in [5, 5.41) is 20.7. The van der Waals surface area contributed by atoms with Crippen LogP contribution in [-0.4, -0.2) is 9.49 Å². The molecule has 0 atom stereocenters. The molecule has 0 aliphatic heterocycles. The van der Waals surface area contributed by atoms with Crippen molar-refractivity contribution < 1.29 is 4.92 Å². The van der Waals surface area contributed by atoms with Gasteiger partial charge in [0.1, 0.15) is 0 Å². The van der Waals surface area contributed by atoms with Gasteiger partial charge in [-0.3, -0.25) is 10.1 Å². The number of hydrogen-bond donors (Lipinski definition) is 0. The topological polar surface area (TPSA) is 71.9 Å². The molecule has 0 aliphatic rings. The Hall–Kier alpha value is -3.39. The van der Waals surface area contributed by atoms with E-state index in [1.54, 1.807) is 6.07 Å². The number of para-hydroxylation sites is 1. The van der Waals surface area contributed by atoms with Gasteiger partial charge in [-0.25, -0.2) is 0 Å². The van der Waals surface area contributed by atoms with E-state index in [1.807, 2.05) is 65.4 Å². The third-order valence-electron chi connectivity index (χ3n) is 3.62. The molecule has 1 aromatic heterocycles. The summed E-state index contributed by atoms with van der Waals surface area (Å²) >= 11 is 0. The quantitative estimate of drug-likeness (QED) is 0.418. The summed E-state index contributed by atoms with van der Waals surface area (Å²) in [6, 6.07) is 19.3. The molecule has 1 heterocycles. The van der Waals surface area contributed by atoms with Gasteiger partial charge in [-0.2, -0.15) is 5.26 Å². The van der Waals surface area contributed by atoms with Crippen molar-refractivity contribution in [3.05, 3.63) is 87.7 Å². The number of benzene rings is 2. The molecule has 0 bridgehead atoms. The van der Waals surface area contributed by atoms with Crippen LogP contribution in [0.3, 0.4) is 0 Å². The second kappa shape index (κ2) is 6.16. The van der Waals surface area contributed by atoms with Crippen LogP contribution in [0.15, 0.2) is 66.5 Å². The molecule has 5 heteroatoms. The van der Waals surface area contributed by atoms with Gasteiger partial charge in [0.05, 0.1) is 4.92 Å². The number of hydrogen-bond acceptors (Lipinski definition) is 3. The Morgan fingerprint density at radius 2 is 1.87 bits per heavy atom. The van der Waals surface area contributed by atoms with Crippen molar-refractivity contribution in [3.63, 3.8) is 0 Å². The highest BCUT2D eigenvalue weighted by atomic mass is 16.6. The molecule has 0 saturated heterocycles. The molecule has 2 aromatic carbocycles. The van der Waals surface area contributed by atoms with Gasteiger partial charge in [0, 0.05) is 35.3 Å². The molecular formula is C18H13N3O2. The molecule has 0 fully saturated rings. The van der Waals surface area contributed by atoms with Gasteiger partial charge in [-0.1, -0.05) is 48.5 Å². The van der Waals surface area contributed by atoms with Crippen LogP contribution in [0.5, 0.6) is 0 Å². The van der Waals surface area contributed by atoms with Gasteiger partial charge < -0.3 is 4.57 Å². The Balaban J connectivity index is 2.11. The van der Waals surface area contributed by atoms with E-state index in [2.05, 4.69) is 0 Å². The number of fused-ring (bicyclic) bond motifs is 1. The molecule has 0 saturated carbocycles. The first-order valence-electron chi connectivity index (χ1n) is 7.07. The van der Waals surface area contributed by atoms with Crippen molar-refractivity contribution in [1.82, 2.24) is 4.57 Å². The van der Waals surface area contributed by atoms with E-state index in [4.69, 9.17) is 5.26 Å². The highest BCUT2D eigenvalue weighted by Gasteiger charge is 2.13. The zero-order chi connectivity index (χ0) is 16.2.